The van der Waals surface area contributed by atoms with Crippen molar-refractivity contribution in [2.45, 2.75) is 18.9 Å². The Hall–Kier alpha value is -2.74. The highest BCUT2D eigenvalue weighted by Gasteiger charge is 2.23. The Morgan fingerprint density at radius 2 is 1.82 bits per heavy atom. The van der Waals surface area contributed by atoms with E-state index in [1.807, 2.05) is 4.90 Å². The first-order chi connectivity index (χ1) is 13.3. The third kappa shape index (κ3) is 4.56. The number of benzene rings is 1. The van der Waals surface area contributed by atoms with Crippen molar-refractivity contribution < 1.29 is 9.53 Å². The third-order valence-corrected chi connectivity index (χ3v) is 5.06. The molecule has 8 nitrogen and oxygen atoms in total. The van der Waals surface area contributed by atoms with Crippen LogP contribution >= 0.6 is 11.6 Å². The summed E-state index contributed by atoms with van der Waals surface area (Å²) in [5.41, 5.74) is -0.154. The molecule has 0 saturated carbocycles. The number of piperidine rings is 1. The van der Waals surface area contributed by atoms with Gasteiger partial charge in [0.2, 0.25) is 0 Å². The number of aromatic nitrogens is 2. The zero-order chi connectivity index (χ0) is 20.3. The number of carbonyl (C=O) groups excluding carboxylic acids is 1. The zero-order valence-corrected chi connectivity index (χ0v) is 16.6. The van der Waals surface area contributed by atoms with E-state index < -0.39 is 0 Å². The maximum atomic E-state index is 12.4. The van der Waals surface area contributed by atoms with E-state index in [-0.39, 0.29) is 29.8 Å². The lowest BCUT2D eigenvalue weighted by molar-refractivity contribution is -0.123. The van der Waals surface area contributed by atoms with Gasteiger partial charge in [-0.3, -0.25) is 14.2 Å². The van der Waals surface area contributed by atoms with Crippen molar-refractivity contribution >= 4 is 23.2 Å². The molecule has 1 fully saturated rings. The topological polar surface area (TPSA) is 85.6 Å². The summed E-state index contributed by atoms with van der Waals surface area (Å²) in [5.74, 6) is 0.395. The van der Waals surface area contributed by atoms with Crippen LogP contribution in [0, 0.1) is 0 Å². The molecule has 0 radical (unpaired) electrons. The monoisotopic (exact) mass is 406 g/mol. The maximum absolute atomic E-state index is 12.4. The van der Waals surface area contributed by atoms with E-state index in [1.54, 1.807) is 37.5 Å². The highest BCUT2D eigenvalue weighted by molar-refractivity contribution is 6.30. The fourth-order valence-electron chi connectivity index (χ4n) is 3.22. The Kier molecular flexibility index (Phi) is 6.08. The summed E-state index contributed by atoms with van der Waals surface area (Å²) >= 11 is 5.82. The van der Waals surface area contributed by atoms with Crippen LogP contribution in [0.25, 0.3) is 0 Å². The van der Waals surface area contributed by atoms with E-state index in [9.17, 15) is 14.4 Å². The standard InChI is InChI=1S/C19H23ClN4O4/c1-22-11-16(18(26)23(2)19(22)27)24-9-7-14(8-10-24)21-17(25)12-28-15-5-3-13(20)4-6-15/h3-6,11,14H,7-10,12H2,1-2H3,(H,21,25). The van der Waals surface area contributed by atoms with Gasteiger partial charge in [0.1, 0.15) is 11.4 Å². The van der Waals surface area contributed by atoms with Gasteiger partial charge < -0.3 is 19.5 Å². The summed E-state index contributed by atoms with van der Waals surface area (Å²) in [5, 5.41) is 3.57. The van der Waals surface area contributed by atoms with Crippen molar-refractivity contribution in [2.75, 3.05) is 24.6 Å². The molecule has 1 aromatic heterocycles. The van der Waals surface area contributed by atoms with E-state index in [1.165, 1.54) is 11.6 Å². The van der Waals surface area contributed by atoms with Crippen LogP contribution in [0.1, 0.15) is 12.8 Å². The van der Waals surface area contributed by atoms with Gasteiger partial charge in [-0.05, 0) is 37.1 Å². The van der Waals surface area contributed by atoms with Crippen molar-refractivity contribution in [3.63, 3.8) is 0 Å². The van der Waals surface area contributed by atoms with Crippen molar-refractivity contribution in [1.82, 2.24) is 14.5 Å². The van der Waals surface area contributed by atoms with Gasteiger partial charge in [-0.1, -0.05) is 11.6 Å². The summed E-state index contributed by atoms with van der Waals surface area (Å²) in [7, 11) is 3.10. The van der Waals surface area contributed by atoms with Gasteiger partial charge in [0.05, 0.1) is 0 Å². The first-order valence-electron chi connectivity index (χ1n) is 9.04. The van der Waals surface area contributed by atoms with E-state index in [0.29, 0.717) is 42.4 Å². The average Bonchev–Trinajstić information content (AvgIpc) is 2.69. The number of hydrogen-bond acceptors (Lipinski definition) is 5. The van der Waals surface area contributed by atoms with Crippen LogP contribution in [-0.4, -0.2) is 40.8 Å². The van der Waals surface area contributed by atoms with Crippen molar-refractivity contribution in [2.24, 2.45) is 14.1 Å². The molecule has 0 bridgehead atoms. The third-order valence-electron chi connectivity index (χ3n) is 4.81. The summed E-state index contributed by atoms with van der Waals surface area (Å²) in [4.78, 5) is 38.2. The fourth-order valence-corrected chi connectivity index (χ4v) is 3.35. The van der Waals surface area contributed by atoms with Crippen LogP contribution in [0.3, 0.4) is 0 Å². The minimum absolute atomic E-state index is 0.0222. The smallest absolute Gasteiger partial charge is 0.330 e. The zero-order valence-electron chi connectivity index (χ0n) is 15.9. The SMILES string of the molecule is Cn1cc(N2CCC(NC(=O)COc3ccc(Cl)cc3)CC2)c(=O)n(C)c1=O. The van der Waals surface area contributed by atoms with Gasteiger partial charge in [-0.25, -0.2) is 4.79 Å². The van der Waals surface area contributed by atoms with Gasteiger partial charge in [-0.2, -0.15) is 0 Å². The van der Waals surface area contributed by atoms with E-state index in [2.05, 4.69) is 5.32 Å². The number of aryl methyl sites for hydroxylation is 1. The fraction of sp³-hybridized carbons (Fsp3) is 0.421. The highest BCUT2D eigenvalue weighted by atomic mass is 35.5. The molecule has 28 heavy (non-hydrogen) atoms. The molecule has 150 valence electrons. The Balaban J connectivity index is 1.51. The number of hydrogen-bond donors (Lipinski definition) is 1. The number of nitrogens with zero attached hydrogens (tertiary/aromatic N) is 3. The quantitative estimate of drug-likeness (QED) is 0.797. The second-order valence-corrected chi connectivity index (χ2v) is 7.28. The molecule has 1 aliphatic heterocycles. The van der Waals surface area contributed by atoms with E-state index >= 15 is 0 Å². The molecule has 1 amide bonds. The van der Waals surface area contributed by atoms with Crippen LogP contribution in [0.2, 0.25) is 5.02 Å². The maximum Gasteiger partial charge on any atom is 0.330 e. The second kappa shape index (κ2) is 8.52. The van der Waals surface area contributed by atoms with Gasteiger partial charge in [0.15, 0.2) is 6.61 Å². The number of nitrogens with one attached hydrogen (secondary N) is 1. The molecule has 1 aromatic carbocycles. The molecule has 1 saturated heterocycles. The molecule has 9 heteroatoms. The molecular weight excluding hydrogens is 384 g/mol. The van der Waals surface area contributed by atoms with Gasteiger partial charge in [-0.15, -0.1) is 0 Å². The molecule has 0 aliphatic carbocycles. The first kappa shape index (κ1) is 20.0. The minimum Gasteiger partial charge on any atom is -0.484 e. The molecule has 2 aromatic rings. The Labute approximate surface area is 167 Å². The molecule has 1 aliphatic rings. The van der Waals surface area contributed by atoms with Crippen LogP contribution in [0.15, 0.2) is 40.1 Å². The lowest BCUT2D eigenvalue weighted by Crippen LogP contribution is -2.48. The predicted octanol–water partition coefficient (Wildman–Crippen LogP) is 0.901. The first-order valence-corrected chi connectivity index (χ1v) is 9.42. The summed E-state index contributed by atoms with van der Waals surface area (Å²) in [6.45, 7) is 1.18. The van der Waals surface area contributed by atoms with Crippen LogP contribution in [0.4, 0.5) is 5.69 Å². The van der Waals surface area contributed by atoms with Crippen LogP contribution in [-0.2, 0) is 18.9 Å². The lowest BCUT2D eigenvalue weighted by Gasteiger charge is -2.33. The summed E-state index contributed by atoms with van der Waals surface area (Å²) < 4.78 is 7.96. The van der Waals surface area contributed by atoms with Gasteiger partial charge >= 0.3 is 5.69 Å². The number of carbonyl (C=O) groups is 1. The van der Waals surface area contributed by atoms with Gasteiger partial charge in [0, 0.05) is 44.4 Å². The summed E-state index contributed by atoms with van der Waals surface area (Å²) in [6.07, 6.45) is 2.99. The number of ether oxygens (including phenoxy) is 1. The molecule has 3 rings (SSSR count). The normalized spacial score (nSPS) is 14.8. The molecule has 0 unspecified atom stereocenters. The molecule has 2 heterocycles. The minimum atomic E-state index is -0.350. The predicted molar refractivity (Wildman–Crippen MR) is 107 cm³/mol. The number of amides is 1. The summed E-state index contributed by atoms with van der Waals surface area (Å²) in [6, 6.07) is 6.85. The van der Waals surface area contributed by atoms with Crippen molar-refractivity contribution in [1.29, 1.82) is 0 Å². The lowest BCUT2D eigenvalue weighted by atomic mass is 10.0. The second-order valence-electron chi connectivity index (χ2n) is 6.84. The molecule has 0 spiro atoms. The van der Waals surface area contributed by atoms with E-state index in [0.717, 1.165) is 4.57 Å². The Morgan fingerprint density at radius 3 is 2.46 bits per heavy atom. The number of halogens is 1. The molecule has 1 N–H and O–H groups in total. The number of anilines is 1. The Morgan fingerprint density at radius 1 is 1.18 bits per heavy atom. The van der Waals surface area contributed by atoms with Crippen molar-refractivity contribution in [3.8, 4) is 5.75 Å². The number of rotatable bonds is 5. The molecular formula is C19H23ClN4O4. The van der Waals surface area contributed by atoms with Crippen molar-refractivity contribution in [3.05, 3.63) is 56.3 Å². The highest BCUT2D eigenvalue weighted by Crippen LogP contribution is 2.17. The van der Waals surface area contributed by atoms with Gasteiger partial charge in [0.25, 0.3) is 11.5 Å². The van der Waals surface area contributed by atoms with Crippen LogP contribution < -0.4 is 26.2 Å². The van der Waals surface area contributed by atoms with Crippen LogP contribution in [0.5, 0.6) is 5.75 Å². The van der Waals surface area contributed by atoms with E-state index in [4.69, 9.17) is 16.3 Å². The molecule has 0 atom stereocenters. The average molecular weight is 407 g/mol. The Bertz CT molecular complexity index is 959. The largest absolute Gasteiger partial charge is 0.484 e.